The van der Waals surface area contributed by atoms with Gasteiger partial charge in [0.25, 0.3) is 10.0 Å². The second-order valence-electron chi connectivity index (χ2n) is 7.50. The number of nitrogens with one attached hydrogen (secondary N) is 2. The lowest BCUT2D eigenvalue weighted by molar-refractivity contribution is -0.114. The molecule has 156 valence electrons. The third-order valence-electron chi connectivity index (χ3n) is 4.73. The highest BCUT2D eigenvalue weighted by atomic mass is 32.2. The van der Waals surface area contributed by atoms with Gasteiger partial charge in [0, 0.05) is 18.7 Å². The van der Waals surface area contributed by atoms with Gasteiger partial charge in [-0.2, -0.15) is 0 Å². The van der Waals surface area contributed by atoms with Crippen LogP contribution in [-0.4, -0.2) is 19.3 Å². The van der Waals surface area contributed by atoms with E-state index in [1.54, 1.807) is 36.7 Å². The van der Waals surface area contributed by atoms with Crippen LogP contribution in [-0.2, 0) is 14.8 Å². The molecular weight excluding hydrogens is 398 g/mol. The van der Waals surface area contributed by atoms with Gasteiger partial charge in [0.15, 0.2) is 0 Å². The number of pyridine rings is 1. The number of carbonyl (C=O) groups excluding carboxylic acids is 1. The molecule has 30 heavy (non-hydrogen) atoms. The number of amides is 1. The van der Waals surface area contributed by atoms with Crippen molar-refractivity contribution in [2.75, 3.05) is 10.0 Å². The molecule has 2 aromatic carbocycles. The SMILES string of the molecule is CC(=O)Nc1cncc(-c2ccc(C)c(NS(=O)(=O)c3ccc(C(C)C)cc3)c2)c1. The van der Waals surface area contributed by atoms with E-state index in [-0.39, 0.29) is 10.8 Å². The fourth-order valence-electron chi connectivity index (χ4n) is 3.02. The molecule has 1 amide bonds. The van der Waals surface area contributed by atoms with Crippen LogP contribution >= 0.6 is 0 Å². The summed E-state index contributed by atoms with van der Waals surface area (Å²) >= 11 is 0. The second kappa shape index (κ2) is 8.67. The van der Waals surface area contributed by atoms with Gasteiger partial charge >= 0.3 is 0 Å². The summed E-state index contributed by atoms with van der Waals surface area (Å²) in [6.07, 6.45) is 3.22. The Morgan fingerprint density at radius 2 is 1.67 bits per heavy atom. The largest absolute Gasteiger partial charge is 0.325 e. The summed E-state index contributed by atoms with van der Waals surface area (Å²) in [6.45, 7) is 7.40. The molecular formula is C23H25N3O3S. The van der Waals surface area contributed by atoms with Crippen molar-refractivity contribution in [1.82, 2.24) is 4.98 Å². The molecule has 0 atom stereocenters. The molecule has 7 heteroatoms. The van der Waals surface area contributed by atoms with Crippen LogP contribution in [0.15, 0.2) is 65.8 Å². The van der Waals surface area contributed by atoms with Crippen molar-refractivity contribution in [3.63, 3.8) is 0 Å². The minimum atomic E-state index is -3.72. The Balaban J connectivity index is 1.91. The van der Waals surface area contributed by atoms with Crippen molar-refractivity contribution in [1.29, 1.82) is 0 Å². The summed E-state index contributed by atoms with van der Waals surface area (Å²) in [5.41, 5.74) is 4.50. The van der Waals surface area contributed by atoms with Crippen molar-refractivity contribution < 1.29 is 13.2 Å². The number of nitrogens with zero attached hydrogens (tertiary/aromatic N) is 1. The molecule has 0 unspecified atom stereocenters. The third-order valence-corrected chi connectivity index (χ3v) is 6.11. The van der Waals surface area contributed by atoms with Gasteiger partial charge in [-0.3, -0.25) is 14.5 Å². The molecule has 1 aromatic heterocycles. The molecule has 0 saturated carbocycles. The third kappa shape index (κ3) is 5.04. The summed E-state index contributed by atoms with van der Waals surface area (Å²) in [6, 6.07) is 14.2. The highest BCUT2D eigenvalue weighted by molar-refractivity contribution is 7.92. The van der Waals surface area contributed by atoms with Gasteiger partial charge < -0.3 is 5.32 Å². The molecule has 3 rings (SSSR count). The quantitative estimate of drug-likeness (QED) is 0.588. The summed E-state index contributed by atoms with van der Waals surface area (Å²) in [5, 5.41) is 2.70. The van der Waals surface area contributed by atoms with E-state index >= 15 is 0 Å². The number of hydrogen-bond donors (Lipinski definition) is 2. The van der Waals surface area contributed by atoms with Crippen LogP contribution in [0, 0.1) is 6.92 Å². The van der Waals surface area contributed by atoms with Crippen LogP contribution in [0.1, 0.15) is 37.8 Å². The molecule has 0 radical (unpaired) electrons. The number of carbonyl (C=O) groups is 1. The van der Waals surface area contributed by atoms with E-state index in [1.165, 1.54) is 6.92 Å². The van der Waals surface area contributed by atoms with Gasteiger partial charge in [-0.25, -0.2) is 8.42 Å². The maximum Gasteiger partial charge on any atom is 0.261 e. The number of anilines is 2. The fraction of sp³-hybridized carbons (Fsp3) is 0.217. The van der Waals surface area contributed by atoms with Gasteiger partial charge in [-0.1, -0.05) is 38.1 Å². The average Bonchev–Trinajstić information content (AvgIpc) is 2.69. The Bertz CT molecular complexity index is 1170. The van der Waals surface area contributed by atoms with Gasteiger partial charge in [0.2, 0.25) is 5.91 Å². The standard InChI is InChI=1S/C23H25N3O3S/c1-15(2)18-7-9-22(10-8-18)30(28,29)26-23-12-19(6-5-16(23)3)20-11-21(14-24-13-20)25-17(4)27/h5-15,26H,1-4H3,(H,25,27). The Hall–Kier alpha value is -3.19. The lowest BCUT2D eigenvalue weighted by Gasteiger charge is -2.14. The first-order chi connectivity index (χ1) is 14.2. The van der Waals surface area contributed by atoms with E-state index in [0.717, 1.165) is 22.3 Å². The number of hydrogen-bond acceptors (Lipinski definition) is 4. The van der Waals surface area contributed by atoms with Crippen LogP contribution in [0.5, 0.6) is 0 Å². The number of aromatic nitrogens is 1. The molecule has 6 nitrogen and oxygen atoms in total. The van der Waals surface area contributed by atoms with Gasteiger partial charge in [0.1, 0.15) is 0 Å². The molecule has 0 bridgehead atoms. The van der Waals surface area contributed by atoms with E-state index in [1.807, 2.05) is 31.2 Å². The lowest BCUT2D eigenvalue weighted by Crippen LogP contribution is -2.14. The molecule has 2 N–H and O–H groups in total. The Morgan fingerprint density at radius 1 is 0.967 bits per heavy atom. The fourth-order valence-corrected chi connectivity index (χ4v) is 4.14. The van der Waals surface area contributed by atoms with E-state index in [9.17, 15) is 13.2 Å². The van der Waals surface area contributed by atoms with Crippen molar-refractivity contribution in [2.45, 2.75) is 38.5 Å². The normalized spacial score (nSPS) is 11.4. The number of benzene rings is 2. The minimum Gasteiger partial charge on any atom is -0.325 e. The predicted molar refractivity (Wildman–Crippen MR) is 120 cm³/mol. The first kappa shape index (κ1) is 21.5. The molecule has 0 spiro atoms. The maximum absolute atomic E-state index is 12.9. The molecule has 1 heterocycles. The van der Waals surface area contributed by atoms with Crippen molar-refractivity contribution in [3.8, 4) is 11.1 Å². The van der Waals surface area contributed by atoms with Gasteiger partial charge in [0.05, 0.1) is 22.5 Å². The van der Waals surface area contributed by atoms with Gasteiger partial charge in [-0.05, 0) is 53.8 Å². The van der Waals surface area contributed by atoms with E-state index in [2.05, 4.69) is 28.9 Å². The zero-order valence-corrected chi connectivity index (χ0v) is 18.2. The summed E-state index contributed by atoms with van der Waals surface area (Å²) in [5.74, 6) is 0.144. The van der Waals surface area contributed by atoms with E-state index in [0.29, 0.717) is 17.3 Å². The molecule has 0 aliphatic rings. The average molecular weight is 424 g/mol. The van der Waals surface area contributed by atoms with Crippen LogP contribution < -0.4 is 10.0 Å². The first-order valence-corrected chi connectivity index (χ1v) is 11.1. The Morgan fingerprint density at radius 3 is 2.30 bits per heavy atom. The smallest absolute Gasteiger partial charge is 0.261 e. The van der Waals surface area contributed by atoms with Crippen LogP contribution in [0.25, 0.3) is 11.1 Å². The molecule has 0 aliphatic heterocycles. The van der Waals surface area contributed by atoms with Crippen molar-refractivity contribution >= 4 is 27.3 Å². The maximum atomic E-state index is 12.9. The number of aryl methyl sites for hydroxylation is 1. The lowest BCUT2D eigenvalue weighted by atomic mass is 10.0. The zero-order valence-electron chi connectivity index (χ0n) is 17.4. The van der Waals surface area contributed by atoms with Crippen molar-refractivity contribution in [2.24, 2.45) is 0 Å². The number of sulfonamides is 1. The summed E-state index contributed by atoms with van der Waals surface area (Å²) in [7, 11) is -3.72. The molecule has 0 aliphatic carbocycles. The highest BCUT2D eigenvalue weighted by Gasteiger charge is 2.16. The summed E-state index contributed by atoms with van der Waals surface area (Å²) < 4.78 is 28.5. The predicted octanol–water partition coefficient (Wildman–Crippen LogP) is 4.94. The van der Waals surface area contributed by atoms with Crippen LogP contribution in [0.2, 0.25) is 0 Å². The molecule has 0 saturated heterocycles. The molecule has 3 aromatic rings. The zero-order chi connectivity index (χ0) is 21.9. The topological polar surface area (TPSA) is 88.2 Å². The van der Waals surface area contributed by atoms with E-state index < -0.39 is 10.0 Å². The second-order valence-corrected chi connectivity index (χ2v) is 9.18. The molecule has 0 fully saturated rings. The summed E-state index contributed by atoms with van der Waals surface area (Å²) in [4.78, 5) is 15.7. The van der Waals surface area contributed by atoms with E-state index in [4.69, 9.17) is 0 Å². The minimum absolute atomic E-state index is 0.185. The Kier molecular flexibility index (Phi) is 6.22. The van der Waals surface area contributed by atoms with Crippen molar-refractivity contribution in [3.05, 3.63) is 72.1 Å². The first-order valence-electron chi connectivity index (χ1n) is 9.62. The Labute approximate surface area is 177 Å². The van der Waals surface area contributed by atoms with Gasteiger partial charge in [-0.15, -0.1) is 0 Å². The van der Waals surface area contributed by atoms with Crippen LogP contribution in [0.4, 0.5) is 11.4 Å². The van der Waals surface area contributed by atoms with Crippen LogP contribution in [0.3, 0.4) is 0 Å². The number of rotatable bonds is 6. The monoisotopic (exact) mass is 423 g/mol. The highest BCUT2D eigenvalue weighted by Crippen LogP contribution is 2.28.